The van der Waals surface area contributed by atoms with Gasteiger partial charge < -0.3 is 15.5 Å². The second-order valence-electron chi connectivity index (χ2n) is 5.70. The van der Waals surface area contributed by atoms with Gasteiger partial charge in [0.05, 0.1) is 0 Å². The van der Waals surface area contributed by atoms with E-state index < -0.39 is 0 Å². The lowest BCUT2D eigenvalue weighted by atomic mass is 9.75. The van der Waals surface area contributed by atoms with Crippen LogP contribution in [0.1, 0.15) is 39.5 Å². The minimum Gasteiger partial charge on any atom is -0.326 e. The van der Waals surface area contributed by atoms with Crippen LogP contribution < -0.4 is 5.73 Å². The molecule has 2 atom stereocenters. The second kappa shape index (κ2) is 5.48. The van der Waals surface area contributed by atoms with Gasteiger partial charge in [-0.05, 0) is 53.8 Å². The zero-order valence-electron chi connectivity index (χ0n) is 11.7. The summed E-state index contributed by atoms with van der Waals surface area (Å²) in [6.07, 6.45) is 5.09. The number of nitrogens with two attached hydrogens (primary N) is 1. The molecular formula is C13H29N3. The monoisotopic (exact) mass is 227 g/mol. The summed E-state index contributed by atoms with van der Waals surface area (Å²) in [6, 6.07) is 0.770. The molecule has 1 fully saturated rings. The highest BCUT2D eigenvalue weighted by atomic mass is 15.2. The van der Waals surface area contributed by atoms with Crippen molar-refractivity contribution in [2.24, 2.45) is 5.73 Å². The third-order valence-corrected chi connectivity index (χ3v) is 4.56. The van der Waals surface area contributed by atoms with Crippen molar-refractivity contribution in [3.63, 3.8) is 0 Å². The van der Waals surface area contributed by atoms with Crippen LogP contribution in [0.3, 0.4) is 0 Å². The van der Waals surface area contributed by atoms with Gasteiger partial charge >= 0.3 is 0 Å². The summed E-state index contributed by atoms with van der Waals surface area (Å²) in [5, 5.41) is 0. The lowest BCUT2D eigenvalue weighted by molar-refractivity contribution is 0.0150. The number of hydrogen-bond donors (Lipinski definition) is 1. The summed E-state index contributed by atoms with van der Waals surface area (Å²) in [5.74, 6) is 0. The summed E-state index contributed by atoms with van der Waals surface area (Å²) in [4.78, 5) is 4.84. The summed E-state index contributed by atoms with van der Waals surface area (Å²) < 4.78 is 0. The number of likely N-dealkylation sites (N-methyl/N-ethyl adjacent to an activating group) is 2. The third-order valence-electron chi connectivity index (χ3n) is 4.56. The minimum absolute atomic E-state index is 0.296. The van der Waals surface area contributed by atoms with Crippen LogP contribution in [-0.2, 0) is 0 Å². The predicted molar refractivity (Wildman–Crippen MR) is 70.6 cm³/mol. The molecule has 0 aromatic heterocycles. The fourth-order valence-electron chi connectivity index (χ4n) is 2.61. The van der Waals surface area contributed by atoms with Crippen LogP contribution in [0.2, 0.25) is 0 Å². The predicted octanol–water partition coefficient (Wildman–Crippen LogP) is 1.53. The van der Waals surface area contributed by atoms with Gasteiger partial charge in [0.15, 0.2) is 0 Å². The van der Waals surface area contributed by atoms with Crippen LogP contribution in [0.5, 0.6) is 0 Å². The highest BCUT2D eigenvalue weighted by Crippen LogP contribution is 2.37. The van der Waals surface area contributed by atoms with Crippen molar-refractivity contribution in [3.8, 4) is 0 Å². The smallest absolute Gasteiger partial charge is 0.0330 e. The van der Waals surface area contributed by atoms with Gasteiger partial charge in [-0.3, -0.25) is 0 Å². The molecule has 0 spiro atoms. The largest absolute Gasteiger partial charge is 0.326 e. The van der Waals surface area contributed by atoms with Crippen molar-refractivity contribution in [3.05, 3.63) is 0 Å². The number of nitrogens with zero attached hydrogens (tertiary/aromatic N) is 2. The van der Waals surface area contributed by atoms with Crippen LogP contribution in [0, 0.1) is 0 Å². The molecule has 1 rings (SSSR count). The number of rotatable bonds is 6. The Labute approximate surface area is 101 Å². The zero-order chi connectivity index (χ0) is 12.3. The van der Waals surface area contributed by atoms with E-state index in [1.165, 1.54) is 19.3 Å². The van der Waals surface area contributed by atoms with Crippen LogP contribution in [0.15, 0.2) is 0 Å². The van der Waals surface area contributed by atoms with E-state index in [-0.39, 0.29) is 0 Å². The molecule has 2 unspecified atom stereocenters. The second-order valence-corrected chi connectivity index (χ2v) is 5.70. The van der Waals surface area contributed by atoms with Gasteiger partial charge in [0, 0.05) is 24.2 Å². The highest BCUT2D eigenvalue weighted by molar-refractivity contribution is 4.98. The normalized spacial score (nSPS) is 23.2. The van der Waals surface area contributed by atoms with E-state index in [9.17, 15) is 0 Å². The molecule has 0 aliphatic heterocycles. The molecule has 1 aliphatic rings. The molecule has 0 aromatic carbocycles. The highest BCUT2D eigenvalue weighted by Gasteiger charge is 2.40. The van der Waals surface area contributed by atoms with Crippen molar-refractivity contribution in [2.75, 3.05) is 27.7 Å². The van der Waals surface area contributed by atoms with Gasteiger partial charge in [-0.1, -0.05) is 6.92 Å². The summed E-state index contributed by atoms with van der Waals surface area (Å²) in [7, 11) is 6.62. The molecule has 0 bridgehead atoms. The van der Waals surface area contributed by atoms with E-state index in [1.807, 2.05) is 0 Å². The van der Waals surface area contributed by atoms with E-state index in [1.54, 1.807) is 0 Å². The maximum atomic E-state index is 6.12. The van der Waals surface area contributed by atoms with Gasteiger partial charge in [0.25, 0.3) is 0 Å². The molecule has 96 valence electrons. The Morgan fingerprint density at radius 2 is 1.81 bits per heavy atom. The molecule has 3 heteroatoms. The molecule has 1 aliphatic carbocycles. The maximum absolute atomic E-state index is 6.12. The molecule has 0 radical (unpaired) electrons. The Bertz CT molecular complexity index is 211. The standard InChI is InChI=1S/C13H29N3/c1-6-12(14)11(2)16(5)10-13(15(3)4)8-7-9-13/h11-12H,6-10,14H2,1-5H3. The number of hydrogen-bond acceptors (Lipinski definition) is 3. The van der Waals surface area contributed by atoms with Crippen LogP contribution >= 0.6 is 0 Å². The van der Waals surface area contributed by atoms with Crippen molar-refractivity contribution in [1.82, 2.24) is 9.80 Å². The quantitative estimate of drug-likeness (QED) is 0.747. The average Bonchev–Trinajstić information content (AvgIpc) is 2.20. The average molecular weight is 227 g/mol. The molecular weight excluding hydrogens is 198 g/mol. The van der Waals surface area contributed by atoms with Gasteiger partial charge in [0.2, 0.25) is 0 Å². The molecule has 2 N–H and O–H groups in total. The Morgan fingerprint density at radius 3 is 2.12 bits per heavy atom. The Hall–Kier alpha value is -0.120. The lowest BCUT2D eigenvalue weighted by Crippen LogP contribution is -2.59. The van der Waals surface area contributed by atoms with E-state index in [4.69, 9.17) is 5.73 Å². The van der Waals surface area contributed by atoms with E-state index >= 15 is 0 Å². The lowest BCUT2D eigenvalue weighted by Gasteiger charge is -2.50. The van der Waals surface area contributed by atoms with Crippen LogP contribution in [-0.4, -0.2) is 55.1 Å². The SMILES string of the molecule is CCC(N)C(C)N(C)CC1(N(C)C)CCC1. The minimum atomic E-state index is 0.296. The van der Waals surface area contributed by atoms with E-state index in [0.717, 1.165) is 13.0 Å². The van der Waals surface area contributed by atoms with Gasteiger partial charge in [-0.25, -0.2) is 0 Å². The Balaban J connectivity index is 2.52. The van der Waals surface area contributed by atoms with Crippen molar-refractivity contribution in [1.29, 1.82) is 0 Å². The molecule has 16 heavy (non-hydrogen) atoms. The van der Waals surface area contributed by atoms with E-state index in [0.29, 0.717) is 17.6 Å². The van der Waals surface area contributed by atoms with Crippen LogP contribution in [0.25, 0.3) is 0 Å². The summed E-state index contributed by atoms with van der Waals surface area (Å²) in [6.45, 7) is 5.56. The van der Waals surface area contributed by atoms with Crippen molar-refractivity contribution >= 4 is 0 Å². The molecule has 0 heterocycles. The van der Waals surface area contributed by atoms with Crippen LogP contribution in [0.4, 0.5) is 0 Å². The molecule has 0 aromatic rings. The Morgan fingerprint density at radius 1 is 1.25 bits per heavy atom. The molecule has 3 nitrogen and oxygen atoms in total. The topological polar surface area (TPSA) is 32.5 Å². The molecule has 0 amide bonds. The van der Waals surface area contributed by atoms with Crippen molar-refractivity contribution in [2.45, 2.75) is 57.2 Å². The summed E-state index contributed by atoms with van der Waals surface area (Å²) >= 11 is 0. The Kier molecular flexibility index (Phi) is 4.77. The van der Waals surface area contributed by atoms with Gasteiger partial charge in [-0.2, -0.15) is 0 Å². The summed E-state index contributed by atoms with van der Waals surface area (Å²) in [5.41, 5.74) is 6.53. The first-order valence-electron chi connectivity index (χ1n) is 6.56. The van der Waals surface area contributed by atoms with E-state index in [2.05, 4.69) is 44.8 Å². The first kappa shape index (κ1) is 13.9. The van der Waals surface area contributed by atoms with Gasteiger partial charge in [0.1, 0.15) is 0 Å². The molecule has 0 saturated heterocycles. The first-order chi connectivity index (χ1) is 7.43. The maximum Gasteiger partial charge on any atom is 0.0330 e. The first-order valence-corrected chi connectivity index (χ1v) is 6.56. The molecule has 1 saturated carbocycles. The fraction of sp³-hybridized carbons (Fsp3) is 1.00. The van der Waals surface area contributed by atoms with Gasteiger partial charge in [-0.15, -0.1) is 0 Å². The third kappa shape index (κ3) is 2.76. The fourth-order valence-corrected chi connectivity index (χ4v) is 2.61. The van der Waals surface area contributed by atoms with Crippen molar-refractivity contribution < 1.29 is 0 Å². The zero-order valence-corrected chi connectivity index (χ0v) is 11.7.